The van der Waals surface area contributed by atoms with Crippen LogP contribution in [0, 0.1) is 25.2 Å². The lowest BCUT2D eigenvalue weighted by Gasteiger charge is -2.26. The fraction of sp³-hybridized carbons (Fsp3) is 0.417. The zero-order valence-corrected chi connectivity index (χ0v) is 21.6. The van der Waals surface area contributed by atoms with E-state index in [1.807, 2.05) is 39.8 Å². The number of esters is 1. The van der Waals surface area contributed by atoms with E-state index in [9.17, 15) is 9.59 Å². The average molecular weight is 504 g/mol. The van der Waals surface area contributed by atoms with Crippen molar-refractivity contribution in [2.75, 3.05) is 23.2 Å². The van der Waals surface area contributed by atoms with E-state index in [-0.39, 0.29) is 29.8 Å². The quantitative estimate of drug-likeness (QED) is 0.263. The largest absolute Gasteiger partial charge is 0.469 e. The zero-order valence-electron chi connectivity index (χ0n) is 20.0. The van der Waals surface area contributed by atoms with Gasteiger partial charge in [-0.05, 0) is 44.9 Å². The van der Waals surface area contributed by atoms with E-state index in [2.05, 4.69) is 20.7 Å². The van der Waals surface area contributed by atoms with Crippen molar-refractivity contribution in [3.8, 4) is 0 Å². The summed E-state index contributed by atoms with van der Waals surface area (Å²) in [5, 5.41) is 17.2. The maximum absolute atomic E-state index is 12.2. The molecule has 0 saturated carbocycles. The van der Waals surface area contributed by atoms with Gasteiger partial charge in [0.1, 0.15) is 22.9 Å². The molecule has 0 spiro atoms. The van der Waals surface area contributed by atoms with Crippen molar-refractivity contribution < 1.29 is 14.3 Å². The van der Waals surface area contributed by atoms with Gasteiger partial charge >= 0.3 is 5.97 Å². The highest BCUT2D eigenvalue weighted by Gasteiger charge is 2.34. The Morgan fingerprint density at radius 2 is 2.00 bits per heavy atom. The second-order valence-corrected chi connectivity index (χ2v) is 9.60. The maximum Gasteiger partial charge on any atom is 0.309 e. The highest BCUT2D eigenvalue weighted by Crippen LogP contribution is 2.39. The van der Waals surface area contributed by atoms with Crippen molar-refractivity contribution in [3.63, 3.8) is 0 Å². The van der Waals surface area contributed by atoms with E-state index in [0.717, 1.165) is 32.4 Å². The van der Waals surface area contributed by atoms with Crippen molar-refractivity contribution in [2.24, 2.45) is 11.0 Å². The van der Waals surface area contributed by atoms with Gasteiger partial charge in [-0.2, -0.15) is 5.10 Å². The Labute approximate surface area is 208 Å². The van der Waals surface area contributed by atoms with Crippen molar-refractivity contribution >= 4 is 57.0 Å². The molecule has 2 heterocycles. The fourth-order valence-corrected chi connectivity index (χ4v) is 5.18. The molecule has 2 atom stereocenters. The minimum Gasteiger partial charge on any atom is -0.469 e. The van der Waals surface area contributed by atoms with Gasteiger partial charge in [0, 0.05) is 28.1 Å². The standard InChI is InChI=1S/C24H30ClN5O3S/c1-6-16(24(32)33-5)11-19-29-28-15(4)30(19)23-21(13(2)14(3)34-23)22(26)17-7-9-18(10-8-17)27-20(31)12-25/h7-10,15-16,26,28H,6,11-12H2,1-5H3,(H,27,31). The first-order valence-electron chi connectivity index (χ1n) is 11.1. The Morgan fingerprint density at radius 1 is 1.32 bits per heavy atom. The van der Waals surface area contributed by atoms with Gasteiger partial charge in [-0.1, -0.05) is 19.1 Å². The van der Waals surface area contributed by atoms with Gasteiger partial charge in [0.25, 0.3) is 0 Å². The lowest BCUT2D eigenvalue weighted by Crippen LogP contribution is -2.39. The molecule has 0 saturated heterocycles. The number of ether oxygens (including phenoxy) is 1. The van der Waals surface area contributed by atoms with E-state index >= 15 is 0 Å². The Morgan fingerprint density at radius 3 is 2.59 bits per heavy atom. The van der Waals surface area contributed by atoms with Gasteiger partial charge in [-0.25, -0.2) is 0 Å². The number of carbonyl (C=O) groups is 2. The first kappa shape index (κ1) is 25.7. The molecular formula is C24H30ClN5O3S. The predicted octanol–water partition coefficient (Wildman–Crippen LogP) is 4.62. The number of benzene rings is 1. The summed E-state index contributed by atoms with van der Waals surface area (Å²) in [7, 11) is 1.40. The number of rotatable bonds is 9. The number of carbonyl (C=O) groups excluding carboxylic acids is 2. The van der Waals surface area contributed by atoms with Crippen LogP contribution in [-0.2, 0) is 14.3 Å². The van der Waals surface area contributed by atoms with Gasteiger partial charge in [0.05, 0.1) is 18.7 Å². The molecule has 0 radical (unpaired) electrons. The predicted molar refractivity (Wildman–Crippen MR) is 138 cm³/mol. The number of hydrazone groups is 1. The first-order valence-corrected chi connectivity index (χ1v) is 12.4. The lowest BCUT2D eigenvalue weighted by atomic mass is 9.98. The number of nitrogens with one attached hydrogen (secondary N) is 3. The summed E-state index contributed by atoms with van der Waals surface area (Å²) in [5.74, 6) is -0.193. The highest BCUT2D eigenvalue weighted by molar-refractivity contribution is 7.17. The number of alkyl halides is 1. The molecule has 0 fully saturated rings. The molecule has 2 aromatic rings. The number of aryl methyl sites for hydroxylation is 1. The number of thiophene rings is 1. The molecule has 0 aliphatic carbocycles. The van der Waals surface area contributed by atoms with Crippen molar-refractivity contribution in [2.45, 2.75) is 46.7 Å². The van der Waals surface area contributed by atoms with Crippen LogP contribution in [0.25, 0.3) is 0 Å². The second-order valence-electron chi connectivity index (χ2n) is 8.13. The number of halogens is 1. The topological polar surface area (TPSA) is 107 Å². The second kappa shape index (κ2) is 11.0. The summed E-state index contributed by atoms with van der Waals surface area (Å²) < 4.78 is 4.97. The fourth-order valence-electron chi connectivity index (χ4n) is 3.85. The summed E-state index contributed by atoms with van der Waals surface area (Å²) in [5.41, 5.74) is 6.71. The van der Waals surface area contributed by atoms with Crippen LogP contribution < -0.4 is 15.6 Å². The summed E-state index contributed by atoms with van der Waals surface area (Å²) >= 11 is 7.17. The molecule has 1 aliphatic heterocycles. The van der Waals surface area contributed by atoms with Crippen LogP contribution in [0.4, 0.5) is 10.7 Å². The smallest absolute Gasteiger partial charge is 0.309 e. The van der Waals surface area contributed by atoms with Gasteiger partial charge < -0.3 is 10.1 Å². The van der Waals surface area contributed by atoms with Crippen molar-refractivity contribution in [1.82, 2.24) is 5.43 Å². The van der Waals surface area contributed by atoms with Gasteiger partial charge in [0.15, 0.2) is 0 Å². The summed E-state index contributed by atoms with van der Waals surface area (Å²) in [6, 6.07) is 7.15. The number of hydrogen-bond acceptors (Lipinski definition) is 8. The van der Waals surface area contributed by atoms with Crippen LogP contribution in [0.15, 0.2) is 29.4 Å². The highest BCUT2D eigenvalue weighted by atomic mass is 35.5. The Kier molecular flexibility index (Phi) is 8.33. The third kappa shape index (κ3) is 5.26. The van der Waals surface area contributed by atoms with Crippen LogP contribution in [0.3, 0.4) is 0 Å². The van der Waals surface area contributed by atoms with E-state index in [1.54, 1.807) is 23.5 Å². The van der Waals surface area contributed by atoms with Crippen LogP contribution in [-0.4, -0.2) is 42.6 Å². The molecule has 3 N–H and O–H groups in total. The molecule has 34 heavy (non-hydrogen) atoms. The summed E-state index contributed by atoms with van der Waals surface area (Å²) in [6.45, 7) is 8.02. The van der Waals surface area contributed by atoms with Gasteiger partial charge in [-0.15, -0.1) is 22.9 Å². The Bertz CT molecular complexity index is 1110. The summed E-state index contributed by atoms with van der Waals surface area (Å²) in [4.78, 5) is 26.9. The monoisotopic (exact) mass is 503 g/mol. The molecular weight excluding hydrogens is 474 g/mol. The number of amides is 1. The van der Waals surface area contributed by atoms with Crippen LogP contribution in [0.2, 0.25) is 0 Å². The molecule has 2 unspecified atom stereocenters. The normalized spacial score (nSPS) is 16.0. The van der Waals surface area contributed by atoms with Crippen LogP contribution in [0.5, 0.6) is 0 Å². The number of anilines is 2. The summed E-state index contributed by atoms with van der Waals surface area (Å²) in [6.07, 6.45) is 0.964. The van der Waals surface area contributed by atoms with Gasteiger partial charge in [0.2, 0.25) is 5.91 Å². The molecule has 1 aromatic heterocycles. The third-order valence-electron chi connectivity index (χ3n) is 5.92. The van der Waals surface area contributed by atoms with Crippen LogP contribution >= 0.6 is 22.9 Å². The molecule has 1 aromatic carbocycles. The van der Waals surface area contributed by atoms with Crippen LogP contribution in [0.1, 0.15) is 48.3 Å². The van der Waals surface area contributed by atoms with E-state index in [0.29, 0.717) is 24.2 Å². The number of amidine groups is 1. The molecule has 1 amide bonds. The molecule has 8 nitrogen and oxygen atoms in total. The number of hydrogen-bond donors (Lipinski definition) is 3. The molecule has 182 valence electrons. The minimum atomic E-state index is -0.292. The minimum absolute atomic E-state index is 0.116. The zero-order chi connectivity index (χ0) is 25.0. The van der Waals surface area contributed by atoms with E-state index in [4.69, 9.17) is 21.7 Å². The van der Waals surface area contributed by atoms with Crippen molar-refractivity contribution in [3.05, 3.63) is 45.8 Å². The van der Waals surface area contributed by atoms with Gasteiger partial charge in [-0.3, -0.25) is 25.3 Å². The molecule has 0 bridgehead atoms. The Hall–Kier alpha value is -2.91. The number of methoxy groups -OCH3 is 1. The first-order chi connectivity index (χ1) is 16.2. The SMILES string of the molecule is CCC(CC1=NNC(C)N1c1sc(C)c(C)c1C(=N)c1ccc(NC(=O)CCl)cc1)C(=O)OC. The molecule has 1 aliphatic rings. The lowest BCUT2D eigenvalue weighted by molar-refractivity contribution is -0.145. The Balaban J connectivity index is 1.94. The third-order valence-corrected chi connectivity index (χ3v) is 7.37. The molecule has 3 rings (SSSR count). The number of nitrogens with zero attached hydrogens (tertiary/aromatic N) is 2. The van der Waals surface area contributed by atoms with E-state index in [1.165, 1.54) is 7.11 Å². The maximum atomic E-state index is 12.2. The average Bonchev–Trinajstić information content (AvgIpc) is 3.34. The van der Waals surface area contributed by atoms with E-state index < -0.39 is 0 Å². The molecule has 10 heteroatoms. The van der Waals surface area contributed by atoms with Crippen molar-refractivity contribution in [1.29, 1.82) is 5.41 Å².